The van der Waals surface area contributed by atoms with Gasteiger partial charge in [-0.05, 0) is 55.3 Å². The van der Waals surface area contributed by atoms with Crippen molar-refractivity contribution in [3.63, 3.8) is 0 Å². The van der Waals surface area contributed by atoms with Crippen molar-refractivity contribution in [2.75, 3.05) is 10.8 Å². The number of carbonyl (C=O) groups excluding carboxylic acids is 1. The number of rotatable bonds is 7. The Morgan fingerprint density at radius 2 is 1.58 bits per heavy atom. The van der Waals surface area contributed by atoms with Crippen molar-refractivity contribution in [1.29, 1.82) is 0 Å². The van der Waals surface area contributed by atoms with Crippen LogP contribution in [0.25, 0.3) is 0 Å². The fourth-order valence-electron chi connectivity index (χ4n) is 2.93. The van der Waals surface area contributed by atoms with Crippen LogP contribution in [0.1, 0.15) is 18.1 Å². The highest BCUT2D eigenvalue weighted by Crippen LogP contribution is 2.26. The first-order valence-electron chi connectivity index (χ1n) is 9.51. The number of hydrogen-bond donors (Lipinski definition) is 1. The normalized spacial score (nSPS) is 11.8. The summed E-state index contributed by atoms with van der Waals surface area (Å²) in [6.45, 7) is 3.12. The average molecular weight is 456 g/mol. The van der Waals surface area contributed by atoms with E-state index in [1.807, 2.05) is 6.07 Å². The second-order valence-electron chi connectivity index (χ2n) is 6.85. The molecule has 0 radical (unpaired) electrons. The van der Waals surface area contributed by atoms with E-state index in [1.165, 1.54) is 12.1 Å². The van der Waals surface area contributed by atoms with Crippen LogP contribution in [0.2, 0.25) is 5.02 Å². The predicted octanol–water partition coefficient (Wildman–Crippen LogP) is 4.38. The minimum atomic E-state index is -3.96. The Balaban J connectivity index is 1.87. The lowest BCUT2D eigenvalue weighted by molar-refractivity contribution is -0.119. The summed E-state index contributed by atoms with van der Waals surface area (Å²) in [6.07, 6.45) is 0. The zero-order chi connectivity index (χ0) is 22.4. The van der Waals surface area contributed by atoms with E-state index in [4.69, 9.17) is 11.6 Å². The Morgan fingerprint density at radius 3 is 2.23 bits per heavy atom. The molecule has 0 atom stereocenters. The lowest BCUT2D eigenvalue weighted by Crippen LogP contribution is -2.40. The van der Waals surface area contributed by atoms with Gasteiger partial charge in [0.2, 0.25) is 0 Å². The molecule has 1 amide bonds. The van der Waals surface area contributed by atoms with E-state index in [2.05, 4.69) is 10.5 Å². The van der Waals surface area contributed by atoms with Crippen LogP contribution in [-0.2, 0) is 14.8 Å². The van der Waals surface area contributed by atoms with E-state index in [0.717, 1.165) is 15.4 Å². The lowest BCUT2D eigenvalue weighted by Gasteiger charge is -2.25. The maximum Gasteiger partial charge on any atom is 0.264 e. The average Bonchev–Trinajstić information content (AvgIpc) is 2.77. The molecule has 3 aromatic carbocycles. The number of halogens is 1. The van der Waals surface area contributed by atoms with Crippen LogP contribution in [-0.4, -0.2) is 26.6 Å². The van der Waals surface area contributed by atoms with E-state index in [1.54, 1.807) is 74.5 Å². The fraction of sp³-hybridized carbons (Fsp3) is 0.130. The van der Waals surface area contributed by atoms with E-state index >= 15 is 0 Å². The summed E-state index contributed by atoms with van der Waals surface area (Å²) in [7, 11) is -3.96. The van der Waals surface area contributed by atoms with Gasteiger partial charge in [0, 0.05) is 5.02 Å². The van der Waals surface area contributed by atoms with Crippen molar-refractivity contribution in [2.45, 2.75) is 18.7 Å². The third-order valence-corrected chi connectivity index (χ3v) is 6.64. The van der Waals surface area contributed by atoms with Gasteiger partial charge in [-0.1, -0.05) is 60.1 Å². The van der Waals surface area contributed by atoms with Gasteiger partial charge in [-0.2, -0.15) is 5.10 Å². The molecular weight excluding hydrogens is 434 g/mol. The zero-order valence-corrected chi connectivity index (χ0v) is 18.7. The Hall–Kier alpha value is -3.16. The predicted molar refractivity (Wildman–Crippen MR) is 124 cm³/mol. The molecule has 31 heavy (non-hydrogen) atoms. The third-order valence-electron chi connectivity index (χ3n) is 4.61. The van der Waals surface area contributed by atoms with E-state index in [0.29, 0.717) is 16.4 Å². The van der Waals surface area contributed by atoms with Gasteiger partial charge in [-0.25, -0.2) is 13.8 Å². The first-order chi connectivity index (χ1) is 14.8. The Labute approximate surface area is 187 Å². The van der Waals surface area contributed by atoms with Gasteiger partial charge in [0.1, 0.15) is 6.54 Å². The van der Waals surface area contributed by atoms with Crippen LogP contribution in [0.5, 0.6) is 0 Å². The number of anilines is 1. The molecule has 0 aliphatic heterocycles. The number of amides is 1. The van der Waals surface area contributed by atoms with E-state index in [9.17, 15) is 13.2 Å². The number of nitrogens with zero attached hydrogens (tertiary/aromatic N) is 2. The summed E-state index contributed by atoms with van der Waals surface area (Å²) in [6, 6.07) is 22.1. The summed E-state index contributed by atoms with van der Waals surface area (Å²) in [4.78, 5) is 12.8. The summed E-state index contributed by atoms with van der Waals surface area (Å²) >= 11 is 5.89. The largest absolute Gasteiger partial charge is 0.271 e. The summed E-state index contributed by atoms with van der Waals surface area (Å²) in [5, 5.41) is 4.70. The van der Waals surface area contributed by atoms with Gasteiger partial charge >= 0.3 is 0 Å². The van der Waals surface area contributed by atoms with Crippen LogP contribution < -0.4 is 9.73 Å². The second-order valence-corrected chi connectivity index (χ2v) is 9.15. The molecule has 0 saturated heterocycles. The molecule has 3 rings (SSSR count). The molecule has 160 valence electrons. The molecule has 1 N–H and O–H groups in total. The standard InChI is InChI=1S/C23H22ClN3O3S/c1-17-8-6-7-11-22(17)27(31(29,30)21-9-4-3-5-10-21)16-23(28)26-25-18(2)19-12-14-20(24)15-13-19/h3-15H,16H2,1-2H3,(H,26,28)/b25-18+. The highest BCUT2D eigenvalue weighted by atomic mass is 35.5. The van der Waals surface area contributed by atoms with Gasteiger partial charge in [0.25, 0.3) is 15.9 Å². The van der Waals surface area contributed by atoms with Gasteiger partial charge in [0.05, 0.1) is 16.3 Å². The quantitative estimate of drug-likeness (QED) is 0.424. The van der Waals surface area contributed by atoms with Crippen molar-refractivity contribution < 1.29 is 13.2 Å². The van der Waals surface area contributed by atoms with Crippen molar-refractivity contribution in [3.05, 3.63) is 95.0 Å². The number of sulfonamides is 1. The number of nitrogens with one attached hydrogen (secondary N) is 1. The first kappa shape index (κ1) is 22.5. The molecule has 0 aromatic heterocycles. The second kappa shape index (κ2) is 9.76. The lowest BCUT2D eigenvalue weighted by atomic mass is 10.1. The summed E-state index contributed by atoms with van der Waals surface area (Å²) in [5.41, 5.74) is 4.97. The number of hydrazone groups is 1. The van der Waals surface area contributed by atoms with Gasteiger partial charge < -0.3 is 0 Å². The van der Waals surface area contributed by atoms with Crippen LogP contribution in [0.3, 0.4) is 0 Å². The number of hydrogen-bond acceptors (Lipinski definition) is 4. The van der Waals surface area contributed by atoms with Gasteiger partial charge in [-0.3, -0.25) is 9.10 Å². The molecule has 0 fully saturated rings. The minimum absolute atomic E-state index is 0.104. The zero-order valence-electron chi connectivity index (χ0n) is 17.1. The minimum Gasteiger partial charge on any atom is -0.271 e. The molecule has 3 aromatic rings. The number of aryl methyl sites for hydroxylation is 1. The Kier molecular flexibility index (Phi) is 7.09. The Morgan fingerprint density at radius 1 is 0.968 bits per heavy atom. The van der Waals surface area contributed by atoms with Gasteiger partial charge in [-0.15, -0.1) is 0 Å². The fourth-order valence-corrected chi connectivity index (χ4v) is 4.56. The van der Waals surface area contributed by atoms with Crippen LogP contribution >= 0.6 is 11.6 Å². The molecule has 0 heterocycles. The molecule has 0 bridgehead atoms. The highest BCUT2D eigenvalue weighted by Gasteiger charge is 2.28. The van der Waals surface area contributed by atoms with E-state index in [-0.39, 0.29) is 4.90 Å². The van der Waals surface area contributed by atoms with E-state index < -0.39 is 22.5 Å². The van der Waals surface area contributed by atoms with Gasteiger partial charge in [0.15, 0.2) is 0 Å². The molecule has 0 saturated carbocycles. The molecule has 0 aliphatic carbocycles. The molecule has 0 aliphatic rings. The van der Waals surface area contributed by atoms with Crippen molar-refractivity contribution in [2.24, 2.45) is 5.10 Å². The smallest absolute Gasteiger partial charge is 0.264 e. The van der Waals surface area contributed by atoms with Crippen LogP contribution in [0.4, 0.5) is 5.69 Å². The SMILES string of the molecule is C/C(=N\NC(=O)CN(c1ccccc1C)S(=O)(=O)c1ccccc1)c1ccc(Cl)cc1. The summed E-state index contributed by atoms with van der Waals surface area (Å²) < 4.78 is 27.7. The maximum atomic E-state index is 13.3. The van der Waals surface area contributed by atoms with Crippen LogP contribution in [0.15, 0.2) is 88.9 Å². The Bertz CT molecular complexity index is 1190. The van der Waals surface area contributed by atoms with Crippen molar-refractivity contribution >= 4 is 38.9 Å². The molecule has 6 nitrogen and oxygen atoms in total. The van der Waals surface area contributed by atoms with Crippen LogP contribution in [0, 0.1) is 6.92 Å². The first-order valence-corrected chi connectivity index (χ1v) is 11.3. The molecule has 0 unspecified atom stereocenters. The molecule has 0 spiro atoms. The molecular formula is C23H22ClN3O3S. The van der Waals surface area contributed by atoms with Crippen molar-refractivity contribution in [1.82, 2.24) is 5.43 Å². The third kappa shape index (κ3) is 5.51. The maximum absolute atomic E-state index is 13.3. The summed E-state index contributed by atoms with van der Waals surface area (Å²) in [5.74, 6) is -0.559. The number of benzene rings is 3. The highest BCUT2D eigenvalue weighted by molar-refractivity contribution is 7.92. The number of carbonyl (C=O) groups is 1. The number of para-hydroxylation sites is 1. The van der Waals surface area contributed by atoms with Crippen molar-refractivity contribution in [3.8, 4) is 0 Å². The topological polar surface area (TPSA) is 78.8 Å². The molecule has 8 heteroatoms. The monoisotopic (exact) mass is 455 g/mol.